The average Bonchev–Trinajstić information content (AvgIpc) is 2.21. The van der Waals surface area contributed by atoms with E-state index < -0.39 is 0 Å². The highest BCUT2D eigenvalue weighted by atomic mass is 35.5. The Hall–Kier alpha value is -1.48. The van der Waals surface area contributed by atoms with Gasteiger partial charge in [-0.05, 0) is 19.1 Å². The number of methoxy groups -OCH3 is 1. The van der Waals surface area contributed by atoms with Gasteiger partial charge in [-0.25, -0.2) is 4.79 Å². The van der Waals surface area contributed by atoms with Gasteiger partial charge in [0.15, 0.2) is 0 Å². The quantitative estimate of drug-likeness (QED) is 0.700. The molecule has 0 bridgehead atoms. The summed E-state index contributed by atoms with van der Waals surface area (Å²) in [6, 6.07) is 5.04. The lowest BCUT2D eigenvalue weighted by molar-refractivity contribution is 0.414. The molecule has 0 saturated heterocycles. The number of fused-ring (bicyclic) bond motifs is 1. The molecule has 0 fully saturated rings. The van der Waals surface area contributed by atoms with Gasteiger partial charge in [0.05, 0.1) is 12.1 Å². The van der Waals surface area contributed by atoms with E-state index in [1.807, 2.05) is 0 Å². The minimum atomic E-state index is -0.355. The standard InChI is InChI=1S/C11H9ClO3/c1-6-3-8-9(12)4-7(14-2)5-10(8)15-11(6)13/h3-5H,1-2H3. The molecule has 0 aliphatic carbocycles. The number of hydrogen-bond acceptors (Lipinski definition) is 3. The largest absolute Gasteiger partial charge is 0.497 e. The van der Waals surface area contributed by atoms with Crippen LogP contribution < -0.4 is 10.4 Å². The van der Waals surface area contributed by atoms with Crippen LogP contribution in [0.15, 0.2) is 27.4 Å². The summed E-state index contributed by atoms with van der Waals surface area (Å²) in [5.74, 6) is 0.569. The van der Waals surface area contributed by atoms with Gasteiger partial charge in [0.1, 0.15) is 11.3 Å². The fourth-order valence-electron chi connectivity index (χ4n) is 1.37. The van der Waals surface area contributed by atoms with E-state index in [-0.39, 0.29) is 5.63 Å². The molecule has 0 saturated carbocycles. The zero-order chi connectivity index (χ0) is 11.0. The lowest BCUT2D eigenvalue weighted by Gasteiger charge is -2.04. The number of benzene rings is 1. The molecule has 2 rings (SSSR count). The van der Waals surface area contributed by atoms with Crippen LogP contribution in [0.1, 0.15) is 5.56 Å². The summed E-state index contributed by atoms with van der Waals surface area (Å²) in [5.41, 5.74) is 0.622. The third-order valence-corrected chi connectivity index (χ3v) is 2.50. The molecule has 2 aromatic rings. The molecule has 3 nitrogen and oxygen atoms in total. The molecular formula is C11H9ClO3. The first kappa shape index (κ1) is 10.1. The van der Waals surface area contributed by atoms with Crippen molar-refractivity contribution < 1.29 is 9.15 Å². The Morgan fingerprint density at radius 3 is 2.73 bits per heavy atom. The molecule has 0 unspecified atom stereocenters. The monoisotopic (exact) mass is 224 g/mol. The number of aryl methyl sites for hydroxylation is 1. The molecule has 1 aromatic heterocycles. The highest BCUT2D eigenvalue weighted by Crippen LogP contribution is 2.28. The third kappa shape index (κ3) is 1.70. The van der Waals surface area contributed by atoms with Gasteiger partial charge >= 0.3 is 5.63 Å². The van der Waals surface area contributed by atoms with Crippen molar-refractivity contribution in [2.75, 3.05) is 7.11 Å². The van der Waals surface area contributed by atoms with Crippen LogP contribution in [0.5, 0.6) is 5.75 Å². The van der Waals surface area contributed by atoms with Crippen molar-refractivity contribution in [1.82, 2.24) is 0 Å². The van der Waals surface area contributed by atoms with Crippen LogP contribution in [0.2, 0.25) is 5.02 Å². The molecule has 4 heteroatoms. The second-order valence-electron chi connectivity index (χ2n) is 3.24. The highest BCUT2D eigenvalue weighted by Gasteiger charge is 2.07. The van der Waals surface area contributed by atoms with Crippen LogP contribution in [-0.2, 0) is 0 Å². The van der Waals surface area contributed by atoms with Gasteiger partial charge in [0, 0.05) is 17.0 Å². The molecule has 0 aliphatic rings. The van der Waals surface area contributed by atoms with Gasteiger partial charge in [-0.3, -0.25) is 0 Å². The average molecular weight is 225 g/mol. The molecule has 0 N–H and O–H groups in total. The summed E-state index contributed by atoms with van der Waals surface area (Å²) >= 11 is 6.02. The maximum absolute atomic E-state index is 11.3. The van der Waals surface area contributed by atoms with Crippen molar-refractivity contribution in [3.8, 4) is 5.75 Å². The van der Waals surface area contributed by atoms with Crippen molar-refractivity contribution in [3.05, 3.63) is 39.2 Å². The molecule has 0 amide bonds. The first-order chi connectivity index (χ1) is 7.11. The van der Waals surface area contributed by atoms with E-state index in [4.69, 9.17) is 20.8 Å². The first-order valence-electron chi connectivity index (χ1n) is 4.40. The van der Waals surface area contributed by atoms with Crippen molar-refractivity contribution in [2.24, 2.45) is 0 Å². The van der Waals surface area contributed by atoms with Crippen molar-refractivity contribution in [1.29, 1.82) is 0 Å². The zero-order valence-corrected chi connectivity index (χ0v) is 9.09. The molecule has 1 heterocycles. The minimum absolute atomic E-state index is 0.355. The predicted molar refractivity (Wildman–Crippen MR) is 58.8 cm³/mol. The summed E-state index contributed by atoms with van der Waals surface area (Å²) < 4.78 is 10.1. The lowest BCUT2D eigenvalue weighted by Crippen LogP contribution is -2.02. The second kappa shape index (κ2) is 3.59. The van der Waals surface area contributed by atoms with E-state index in [2.05, 4.69) is 0 Å². The van der Waals surface area contributed by atoms with Gasteiger partial charge in [-0.1, -0.05) is 11.6 Å². The van der Waals surface area contributed by atoms with Gasteiger partial charge < -0.3 is 9.15 Å². The SMILES string of the molecule is COc1cc(Cl)c2cc(C)c(=O)oc2c1. The fourth-order valence-corrected chi connectivity index (χ4v) is 1.62. The van der Waals surface area contributed by atoms with Crippen LogP contribution in [0.25, 0.3) is 11.0 Å². The Kier molecular flexibility index (Phi) is 2.40. The molecule has 0 spiro atoms. The van der Waals surface area contributed by atoms with Crippen LogP contribution in [0.3, 0.4) is 0 Å². The van der Waals surface area contributed by atoms with Crippen molar-refractivity contribution in [3.63, 3.8) is 0 Å². The van der Waals surface area contributed by atoms with Crippen LogP contribution in [0.4, 0.5) is 0 Å². The second-order valence-corrected chi connectivity index (χ2v) is 3.65. The first-order valence-corrected chi connectivity index (χ1v) is 4.77. The smallest absolute Gasteiger partial charge is 0.339 e. The molecule has 0 radical (unpaired) electrons. The van der Waals surface area contributed by atoms with Crippen LogP contribution in [0, 0.1) is 6.92 Å². The Labute approximate surface area is 91.2 Å². The summed E-state index contributed by atoms with van der Waals surface area (Å²) in [4.78, 5) is 11.3. The maximum Gasteiger partial charge on any atom is 0.339 e. The third-order valence-electron chi connectivity index (χ3n) is 2.19. The number of ether oxygens (including phenoxy) is 1. The normalized spacial score (nSPS) is 10.6. The topological polar surface area (TPSA) is 39.4 Å². The van der Waals surface area contributed by atoms with Crippen molar-refractivity contribution in [2.45, 2.75) is 6.92 Å². The van der Waals surface area contributed by atoms with Crippen molar-refractivity contribution >= 4 is 22.6 Å². The summed E-state index contributed by atoms with van der Waals surface area (Å²) in [6.07, 6.45) is 0. The zero-order valence-electron chi connectivity index (χ0n) is 8.33. The molecule has 1 aromatic carbocycles. The van der Waals surface area contributed by atoms with E-state index in [9.17, 15) is 4.79 Å². The molecule has 0 atom stereocenters. The summed E-state index contributed by atoms with van der Waals surface area (Å²) in [6.45, 7) is 1.69. The van der Waals surface area contributed by atoms with E-state index >= 15 is 0 Å². The summed E-state index contributed by atoms with van der Waals surface area (Å²) in [5, 5.41) is 1.23. The van der Waals surface area contributed by atoms with Gasteiger partial charge in [0.25, 0.3) is 0 Å². The Balaban J connectivity index is 2.86. The Bertz CT molecular complexity index is 572. The fraction of sp³-hybridized carbons (Fsp3) is 0.182. The Morgan fingerprint density at radius 2 is 2.07 bits per heavy atom. The van der Waals surface area contributed by atoms with E-state index in [0.29, 0.717) is 21.9 Å². The summed E-state index contributed by atoms with van der Waals surface area (Å²) in [7, 11) is 1.53. The molecule has 78 valence electrons. The van der Waals surface area contributed by atoms with Gasteiger partial charge in [0.2, 0.25) is 0 Å². The van der Waals surface area contributed by atoms with Crippen LogP contribution >= 0.6 is 11.6 Å². The highest BCUT2D eigenvalue weighted by molar-refractivity contribution is 6.35. The van der Waals surface area contributed by atoms with Gasteiger partial charge in [-0.2, -0.15) is 0 Å². The van der Waals surface area contributed by atoms with Gasteiger partial charge in [-0.15, -0.1) is 0 Å². The lowest BCUT2D eigenvalue weighted by atomic mass is 10.2. The number of hydrogen-bond donors (Lipinski definition) is 0. The van der Waals surface area contributed by atoms with Crippen LogP contribution in [-0.4, -0.2) is 7.11 Å². The van der Waals surface area contributed by atoms with E-state index in [1.165, 1.54) is 7.11 Å². The van der Waals surface area contributed by atoms with E-state index in [1.54, 1.807) is 25.1 Å². The molecule has 0 aliphatic heterocycles. The predicted octanol–water partition coefficient (Wildman–Crippen LogP) is 2.76. The Morgan fingerprint density at radius 1 is 1.33 bits per heavy atom. The maximum atomic E-state index is 11.3. The van der Waals surface area contributed by atoms with E-state index in [0.717, 1.165) is 5.39 Å². The molecular weight excluding hydrogens is 216 g/mol. The minimum Gasteiger partial charge on any atom is -0.497 e. The number of rotatable bonds is 1. The molecule has 15 heavy (non-hydrogen) atoms. The number of halogens is 1.